The molecule has 3 fully saturated rings. The van der Waals surface area contributed by atoms with Crippen LogP contribution in [-0.2, 0) is 14.4 Å². The summed E-state index contributed by atoms with van der Waals surface area (Å²) in [5, 5.41) is 1.13. The van der Waals surface area contributed by atoms with Gasteiger partial charge >= 0.3 is 17.7 Å². The summed E-state index contributed by atoms with van der Waals surface area (Å²) in [5.74, 6) is -2.93. The maximum absolute atomic E-state index is 12.3. The Hall–Kier alpha value is -7.86. The molecule has 3 aliphatic rings. The van der Waals surface area contributed by atoms with Crippen LogP contribution in [0.25, 0.3) is 47.6 Å². The van der Waals surface area contributed by atoms with Gasteiger partial charge in [0, 0.05) is 83.0 Å². The molecule has 6 atom stereocenters. The maximum atomic E-state index is 12.3. The first-order valence-electron chi connectivity index (χ1n) is 29.7. The molecule has 0 aromatic carbocycles. The summed E-state index contributed by atoms with van der Waals surface area (Å²) in [6, 6.07) is -4.09. The number of carbonyl (C=O) groups excluding carboxylic acids is 3. The fourth-order valence-electron chi connectivity index (χ4n) is 8.89. The Morgan fingerprint density at radius 3 is 1.31 bits per heavy atom. The lowest BCUT2D eigenvalue weighted by Gasteiger charge is -2.41. The van der Waals surface area contributed by atoms with Gasteiger partial charge in [-0.25, -0.2) is 49.6 Å². The van der Waals surface area contributed by atoms with Gasteiger partial charge in [0.25, 0.3) is 19.6 Å². The fraction of sp³-hybridized carbons (Fsp3) is 0.529. The van der Waals surface area contributed by atoms with Gasteiger partial charge in [-0.3, -0.25) is 14.4 Å². The Morgan fingerprint density at radius 1 is 0.597 bits per heavy atom. The number of likely N-dealkylation sites (N-methyl/N-ethyl adjacent to an activating group) is 3. The molecule has 378 valence electrons. The predicted molar refractivity (Wildman–Crippen MR) is 278 cm³/mol. The molecule has 72 heavy (non-hydrogen) atoms. The number of likely N-dealkylation sites (tertiary alicyclic amines) is 3. The van der Waals surface area contributed by atoms with E-state index >= 15 is 0 Å². The molecule has 6 aromatic rings. The third-order valence-corrected chi connectivity index (χ3v) is 12.9. The lowest BCUT2D eigenvalue weighted by Crippen LogP contribution is -2.53. The van der Waals surface area contributed by atoms with Crippen molar-refractivity contribution in [1.29, 1.82) is 0 Å². The standard InChI is InChI=1S/3C17H22N6O/c3*1-11-5-6-23(15(24)8-18-3)9-14(11)22(4)17-13-7-12(2)21-16(13)19-10-20-17/h3*7,10-11,14H,5-6,8-9H2,1-2,4H3,(H,19,20,21)/t3*11-,14+/m111/s1/i7D,10D,11D,14D;1D3,7D,10D,14D;7D,10D,14D. The summed E-state index contributed by atoms with van der Waals surface area (Å²) in [6.45, 7) is 26.9. The number of carbonyl (C=O) groups is 3. The first kappa shape index (κ1) is 37.0. The van der Waals surface area contributed by atoms with Gasteiger partial charge in [0.1, 0.15) is 57.4 Å². The lowest BCUT2D eigenvalue weighted by molar-refractivity contribution is -0.131. The zero-order valence-corrected chi connectivity index (χ0v) is 41.6. The highest BCUT2D eigenvalue weighted by Crippen LogP contribution is 2.32. The average Bonchev–Trinajstić information content (AvgIpc) is 1.81. The molecule has 21 heteroatoms. The van der Waals surface area contributed by atoms with Crippen LogP contribution in [0.15, 0.2) is 37.0 Å². The number of hydrogen-bond acceptors (Lipinski definition) is 12. The van der Waals surface area contributed by atoms with E-state index in [4.69, 9.17) is 37.5 Å². The van der Waals surface area contributed by atoms with Crippen LogP contribution in [0.3, 0.4) is 0 Å². The Labute approximate surface area is 439 Å². The van der Waals surface area contributed by atoms with Gasteiger partial charge in [0.2, 0.25) is 0 Å². The summed E-state index contributed by atoms with van der Waals surface area (Å²) in [7, 11) is 4.78. The van der Waals surface area contributed by atoms with Crippen LogP contribution in [-0.4, -0.2) is 175 Å². The van der Waals surface area contributed by atoms with Crippen molar-refractivity contribution in [3.8, 4) is 0 Å². The molecule has 0 unspecified atom stereocenters. The molecule has 3 amide bonds. The highest BCUT2D eigenvalue weighted by atomic mass is 16.2. The van der Waals surface area contributed by atoms with Gasteiger partial charge in [-0.05, 0) is 75.9 Å². The summed E-state index contributed by atoms with van der Waals surface area (Å²) in [6.07, 6.45) is 0.138. The molecule has 21 nitrogen and oxygen atoms in total. The van der Waals surface area contributed by atoms with Crippen LogP contribution < -0.4 is 14.7 Å². The highest BCUT2D eigenvalue weighted by molar-refractivity contribution is 5.90. The number of piperidine rings is 3. The molecule has 3 saturated heterocycles. The molecule has 3 aliphatic heterocycles. The van der Waals surface area contributed by atoms with E-state index in [1.165, 1.54) is 26.6 Å². The summed E-state index contributed by atoms with van der Waals surface area (Å²) in [5.41, 5.74) is 2.66. The molecule has 0 radical (unpaired) electrons. The number of aromatic nitrogens is 9. The Bertz CT molecular complexity index is 3710. The van der Waals surface area contributed by atoms with Crippen molar-refractivity contribution >= 4 is 68.3 Å². The minimum absolute atomic E-state index is 0.0515. The number of rotatable bonds is 9. The largest absolute Gasteiger partial charge is 0.354 e. The number of aromatic amines is 3. The highest BCUT2D eigenvalue weighted by Gasteiger charge is 2.36. The van der Waals surface area contributed by atoms with Crippen molar-refractivity contribution in [1.82, 2.24) is 59.6 Å². The number of aryl methyl sites for hydroxylation is 3. The van der Waals surface area contributed by atoms with Crippen LogP contribution in [0.1, 0.15) is 74.9 Å². The van der Waals surface area contributed by atoms with Crippen molar-refractivity contribution < 1.29 is 32.2 Å². The maximum Gasteiger partial charge on any atom is 0.302 e. The van der Waals surface area contributed by atoms with Crippen LogP contribution in [0.5, 0.6) is 0 Å². The number of amides is 3. The van der Waals surface area contributed by atoms with Crippen molar-refractivity contribution in [2.75, 3.05) is 94.7 Å². The van der Waals surface area contributed by atoms with E-state index in [2.05, 4.69) is 59.4 Å². The first-order valence-corrected chi connectivity index (χ1v) is 23.2. The predicted octanol–water partition coefficient (Wildman–Crippen LogP) is 5.58. The number of nitrogens with one attached hydrogen (secondary N) is 3. The second-order valence-corrected chi connectivity index (χ2v) is 17.8. The van der Waals surface area contributed by atoms with Gasteiger partial charge in [0.15, 0.2) is 0 Å². The van der Waals surface area contributed by atoms with Crippen LogP contribution in [0, 0.1) is 58.2 Å². The van der Waals surface area contributed by atoms with Gasteiger partial charge in [0.05, 0.1) is 42.4 Å². The summed E-state index contributed by atoms with van der Waals surface area (Å²) in [4.78, 5) is 88.2. The Balaban J connectivity index is 0.000000183. The van der Waals surface area contributed by atoms with Gasteiger partial charge in [-0.1, -0.05) is 20.7 Å². The molecule has 0 bridgehead atoms. The Kier molecular flexibility index (Phi) is 11.8. The van der Waals surface area contributed by atoms with Crippen LogP contribution in [0.4, 0.5) is 17.5 Å². The molecule has 9 heterocycles. The van der Waals surface area contributed by atoms with Crippen LogP contribution >= 0.6 is 0 Å². The summed E-state index contributed by atoms with van der Waals surface area (Å²) >= 11 is 0. The number of hydrogen-bond donors (Lipinski definition) is 3. The smallest absolute Gasteiger partial charge is 0.302 e. The SMILES string of the molecule is [2H]c1nc(N(C)[C@@]2([2H])CN(C(=O)C[N+]#[C-])CC[C@@]2([2H])C)c2c([2H])c(C)[nH]c2n1.[2H]c1nc(N(C)[C@@]2([2H])CN(C(=O)C[N+]#[C-])CC[C@H]2C([2H])([2H])[2H])c2c([2H])c(C)[nH]c2n1.[2H]c1nc(N(C)[C@@]2([2H])CN(C(=O)C[N+]#[C-])CC[C@H]2C)c2c([2H])c(C)[nH]c2n1. The Morgan fingerprint density at radius 2 is 0.931 bits per heavy atom. The lowest BCUT2D eigenvalue weighted by atomic mass is 9.92. The molecular weight excluding hydrogens is 913 g/mol. The third-order valence-electron chi connectivity index (χ3n) is 12.9. The number of fused-ring (bicyclic) bond motifs is 3. The summed E-state index contributed by atoms with van der Waals surface area (Å²) < 4.78 is 109. The minimum Gasteiger partial charge on any atom is -0.354 e. The van der Waals surface area contributed by atoms with Gasteiger partial charge in [-0.15, -0.1) is 0 Å². The van der Waals surface area contributed by atoms with Gasteiger partial charge in [-0.2, -0.15) is 0 Å². The van der Waals surface area contributed by atoms with Crippen molar-refractivity contribution in [2.24, 2.45) is 17.7 Å². The normalized spacial score (nSPS) is 27.7. The van der Waals surface area contributed by atoms with E-state index in [0.29, 0.717) is 64.5 Å². The topological polar surface area (TPSA) is 208 Å². The molecule has 3 N–H and O–H groups in total. The van der Waals surface area contributed by atoms with Crippen molar-refractivity contribution in [2.45, 2.75) is 78.8 Å². The second-order valence-electron chi connectivity index (χ2n) is 17.8. The fourth-order valence-corrected chi connectivity index (χ4v) is 8.89. The minimum atomic E-state index is -2.47. The van der Waals surface area contributed by atoms with E-state index in [-0.39, 0.29) is 136 Å². The zero-order chi connectivity index (χ0) is 63.2. The van der Waals surface area contributed by atoms with E-state index in [1.54, 1.807) is 51.6 Å². The molecule has 0 aliphatic carbocycles. The van der Waals surface area contributed by atoms with E-state index in [0.717, 1.165) is 0 Å². The second kappa shape index (κ2) is 22.9. The van der Waals surface area contributed by atoms with E-state index in [1.807, 2.05) is 6.92 Å². The number of anilines is 3. The molecule has 6 aromatic heterocycles. The zero-order valence-electron chi connectivity index (χ0n) is 54.6. The number of H-pyrrole nitrogens is 3. The van der Waals surface area contributed by atoms with Gasteiger partial charge < -0.3 is 58.9 Å². The third kappa shape index (κ3) is 11.5. The molecule has 9 rings (SSSR count). The molecule has 0 spiro atoms. The molecule has 0 saturated carbocycles. The number of nitrogens with zero attached hydrogens (tertiary/aromatic N) is 15. The van der Waals surface area contributed by atoms with Crippen molar-refractivity contribution in [3.05, 3.63) is 88.4 Å². The van der Waals surface area contributed by atoms with Crippen LogP contribution in [0.2, 0.25) is 0 Å². The van der Waals surface area contributed by atoms with E-state index in [9.17, 15) is 14.4 Å². The van der Waals surface area contributed by atoms with E-state index < -0.39 is 42.6 Å². The molecular formula is C51H66N18O3. The first-order chi connectivity index (χ1) is 39.6. The monoisotopic (exact) mass is 992 g/mol. The average molecular weight is 992 g/mol. The quantitative estimate of drug-likeness (QED) is 0.152. The van der Waals surface area contributed by atoms with Crippen molar-refractivity contribution in [3.63, 3.8) is 0 Å².